The summed E-state index contributed by atoms with van der Waals surface area (Å²) in [4.78, 5) is 12.1. The second-order valence-corrected chi connectivity index (χ2v) is 6.04. The van der Waals surface area contributed by atoms with Gasteiger partial charge in [0.25, 0.3) is 5.91 Å². The van der Waals surface area contributed by atoms with Crippen molar-refractivity contribution in [3.63, 3.8) is 0 Å². The van der Waals surface area contributed by atoms with Gasteiger partial charge in [0.1, 0.15) is 0 Å². The third-order valence-electron chi connectivity index (χ3n) is 2.18. The van der Waals surface area contributed by atoms with Crippen LogP contribution in [0.2, 0.25) is 5.02 Å². The van der Waals surface area contributed by atoms with Crippen molar-refractivity contribution >= 4 is 63.3 Å². The van der Waals surface area contributed by atoms with Gasteiger partial charge in [-0.3, -0.25) is 4.79 Å². The molecule has 17 heavy (non-hydrogen) atoms. The van der Waals surface area contributed by atoms with E-state index in [4.69, 9.17) is 34.8 Å². The number of halogens is 4. The molecule has 0 atom stereocenters. The zero-order chi connectivity index (χ0) is 13.1. The van der Waals surface area contributed by atoms with Gasteiger partial charge in [-0.1, -0.05) is 11.6 Å². The molecule has 0 radical (unpaired) electrons. The smallest absolute Gasteiger partial charge is 0.252 e. The molecule has 0 unspecified atom stereocenters. The van der Waals surface area contributed by atoms with Crippen molar-refractivity contribution in [3.8, 4) is 0 Å². The minimum absolute atomic E-state index is 0.222. The van der Waals surface area contributed by atoms with E-state index in [1.165, 1.54) is 0 Å². The normalized spacial score (nSPS) is 11.4. The molecule has 0 aromatic heterocycles. The minimum Gasteiger partial charge on any atom is -0.344 e. The van der Waals surface area contributed by atoms with E-state index in [-0.39, 0.29) is 17.7 Å². The summed E-state index contributed by atoms with van der Waals surface area (Å²) in [6.45, 7) is 1.79. The van der Waals surface area contributed by atoms with Crippen LogP contribution in [0.3, 0.4) is 0 Å². The third-order valence-corrected chi connectivity index (χ3v) is 4.53. The van der Waals surface area contributed by atoms with Gasteiger partial charge in [-0.25, -0.2) is 0 Å². The van der Waals surface area contributed by atoms with Crippen LogP contribution in [0.4, 0.5) is 0 Å². The van der Waals surface area contributed by atoms with E-state index in [2.05, 4.69) is 27.9 Å². The number of carbonyl (C=O) groups excluding carboxylic acids is 1. The Balaban J connectivity index is 2.94. The molecule has 0 aliphatic rings. The van der Waals surface area contributed by atoms with Crippen LogP contribution in [0.15, 0.2) is 18.2 Å². The molecule has 0 heterocycles. The van der Waals surface area contributed by atoms with Crippen molar-refractivity contribution < 1.29 is 4.79 Å². The van der Waals surface area contributed by atoms with Crippen LogP contribution in [-0.2, 0) is 0 Å². The maximum atomic E-state index is 12.1. The van der Waals surface area contributed by atoms with Gasteiger partial charge in [0.15, 0.2) is 0 Å². The number of hydrogen-bond donors (Lipinski definition) is 1. The Morgan fingerprint density at radius 2 is 2.00 bits per heavy atom. The Morgan fingerprint density at radius 3 is 2.53 bits per heavy atom. The molecule has 1 N–H and O–H groups in total. The molecule has 1 aromatic carbocycles. The summed E-state index contributed by atoms with van der Waals surface area (Å²) in [7, 11) is 0. The molecule has 2 nitrogen and oxygen atoms in total. The molecule has 0 saturated heterocycles. The number of benzene rings is 1. The monoisotopic (exact) mass is 405 g/mol. The largest absolute Gasteiger partial charge is 0.344 e. The van der Waals surface area contributed by atoms with Gasteiger partial charge < -0.3 is 5.32 Å². The molecule has 0 saturated carbocycles. The van der Waals surface area contributed by atoms with E-state index in [1.54, 1.807) is 25.1 Å². The highest BCUT2D eigenvalue weighted by Crippen LogP contribution is 2.19. The lowest BCUT2D eigenvalue weighted by Gasteiger charge is -2.26. The molecule has 1 aromatic rings. The van der Waals surface area contributed by atoms with Crippen molar-refractivity contribution in [2.24, 2.45) is 0 Å². The Morgan fingerprint density at radius 1 is 1.41 bits per heavy atom. The lowest BCUT2D eigenvalue weighted by atomic mass is 10.1. The van der Waals surface area contributed by atoms with Gasteiger partial charge in [-0.15, -0.1) is 23.2 Å². The number of carbonyl (C=O) groups is 1. The molecule has 0 bridgehead atoms. The van der Waals surface area contributed by atoms with Crippen molar-refractivity contribution in [2.45, 2.75) is 12.5 Å². The van der Waals surface area contributed by atoms with E-state index >= 15 is 0 Å². The summed E-state index contributed by atoms with van der Waals surface area (Å²) in [6, 6.07) is 5.15. The first-order valence-corrected chi connectivity index (χ1v) is 7.34. The SMILES string of the molecule is CC(CCl)(CCl)NC(=O)c1cc(Cl)ccc1I. The standard InChI is InChI=1S/C11H11Cl3INO/c1-11(5-12,6-13)16-10(17)8-4-7(14)2-3-9(8)15/h2-4H,5-6H2,1H3,(H,16,17). The second kappa shape index (κ2) is 6.45. The van der Waals surface area contributed by atoms with E-state index in [0.717, 1.165) is 3.57 Å². The van der Waals surface area contributed by atoms with Gasteiger partial charge in [0.2, 0.25) is 0 Å². The number of rotatable bonds is 4. The zero-order valence-corrected chi connectivity index (χ0v) is 13.5. The van der Waals surface area contributed by atoms with E-state index in [0.29, 0.717) is 10.6 Å². The summed E-state index contributed by atoms with van der Waals surface area (Å²) in [6.07, 6.45) is 0. The maximum absolute atomic E-state index is 12.1. The van der Waals surface area contributed by atoms with Crippen LogP contribution in [0.5, 0.6) is 0 Å². The fourth-order valence-corrected chi connectivity index (χ4v) is 2.29. The highest BCUT2D eigenvalue weighted by atomic mass is 127. The summed E-state index contributed by atoms with van der Waals surface area (Å²) in [5.74, 6) is 0.277. The van der Waals surface area contributed by atoms with Crippen molar-refractivity contribution in [1.82, 2.24) is 5.32 Å². The van der Waals surface area contributed by atoms with Gasteiger partial charge in [-0.05, 0) is 47.7 Å². The quantitative estimate of drug-likeness (QED) is 0.596. The van der Waals surface area contributed by atoms with Gasteiger partial charge >= 0.3 is 0 Å². The first-order valence-electron chi connectivity index (χ1n) is 4.81. The lowest BCUT2D eigenvalue weighted by molar-refractivity contribution is 0.0920. The molecule has 1 rings (SSSR count). The molecule has 0 aliphatic carbocycles. The highest BCUT2D eigenvalue weighted by molar-refractivity contribution is 14.1. The van der Waals surface area contributed by atoms with Crippen LogP contribution < -0.4 is 5.32 Å². The van der Waals surface area contributed by atoms with Crippen LogP contribution in [0, 0.1) is 3.57 Å². The zero-order valence-electron chi connectivity index (χ0n) is 9.07. The first kappa shape index (κ1) is 15.3. The average Bonchev–Trinajstić information content (AvgIpc) is 2.32. The molecule has 94 valence electrons. The molecular formula is C11H11Cl3INO. The van der Waals surface area contributed by atoms with E-state index in [9.17, 15) is 4.79 Å². The lowest BCUT2D eigenvalue weighted by Crippen LogP contribution is -2.49. The topological polar surface area (TPSA) is 29.1 Å². The fraction of sp³-hybridized carbons (Fsp3) is 0.364. The highest BCUT2D eigenvalue weighted by Gasteiger charge is 2.25. The molecule has 0 spiro atoms. The number of alkyl halides is 2. The van der Waals surface area contributed by atoms with Crippen molar-refractivity contribution in [3.05, 3.63) is 32.4 Å². The summed E-state index contributed by atoms with van der Waals surface area (Å²) in [5.41, 5.74) is -0.0921. The van der Waals surface area contributed by atoms with Gasteiger partial charge in [0.05, 0.1) is 11.1 Å². The van der Waals surface area contributed by atoms with Crippen LogP contribution in [0.1, 0.15) is 17.3 Å². The Labute approximate surface area is 129 Å². The molecular weight excluding hydrogens is 395 g/mol. The average molecular weight is 406 g/mol. The predicted octanol–water partition coefficient (Wildman–Crippen LogP) is 3.91. The molecule has 0 aliphatic heterocycles. The predicted molar refractivity (Wildman–Crippen MR) is 81.5 cm³/mol. The Bertz CT molecular complexity index is 421. The maximum Gasteiger partial charge on any atom is 0.252 e. The minimum atomic E-state index is -0.619. The summed E-state index contributed by atoms with van der Waals surface area (Å²) < 4.78 is 0.830. The van der Waals surface area contributed by atoms with Gasteiger partial charge in [-0.2, -0.15) is 0 Å². The Kier molecular flexibility index (Phi) is 5.83. The van der Waals surface area contributed by atoms with Crippen molar-refractivity contribution in [2.75, 3.05) is 11.8 Å². The number of nitrogens with one attached hydrogen (secondary N) is 1. The van der Waals surface area contributed by atoms with Crippen LogP contribution in [-0.4, -0.2) is 23.2 Å². The van der Waals surface area contributed by atoms with E-state index < -0.39 is 5.54 Å². The molecule has 6 heteroatoms. The number of hydrogen-bond acceptors (Lipinski definition) is 1. The van der Waals surface area contributed by atoms with Crippen LogP contribution >= 0.6 is 57.4 Å². The second-order valence-electron chi connectivity index (χ2n) is 3.91. The summed E-state index contributed by atoms with van der Waals surface area (Å²) in [5, 5.41) is 3.33. The van der Waals surface area contributed by atoms with Crippen LogP contribution in [0.25, 0.3) is 0 Å². The molecule has 1 amide bonds. The Hall–Kier alpha value is 0.290. The van der Waals surface area contributed by atoms with Crippen molar-refractivity contribution in [1.29, 1.82) is 0 Å². The molecule has 0 fully saturated rings. The number of amides is 1. The van der Waals surface area contributed by atoms with E-state index in [1.807, 2.05) is 0 Å². The fourth-order valence-electron chi connectivity index (χ4n) is 1.12. The third kappa shape index (κ3) is 4.16. The summed E-state index contributed by atoms with van der Waals surface area (Å²) >= 11 is 19.5. The van der Waals surface area contributed by atoms with Gasteiger partial charge in [0, 0.05) is 20.4 Å². The first-order chi connectivity index (χ1) is 7.91.